The molecule has 1 aromatic heterocycles. The number of hydrogen-bond donors (Lipinski definition) is 2. The average Bonchev–Trinajstić information content (AvgIpc) is 2.71. The number of anilines is 1. The summed E-state index contributed by atoms with van der Waals surface area (Å²) in [6.07, 6.45) is 0. The number of nitrogens with zero attached hydrogens (tertiary/aromatic N) is 2. The van der Waals surface area contributed by atoms with Gasteiger partial charge in [-0.25, -0.2) is 4.39 Å². The van der Waals surface area contributed by atoms with E-state index < -0.39 is 17.6 Å². The number of halogens is 2. The Hall–Kier alpha value is -2.22. The van der Waals surface area contributed by atoms with Gasteiger partial charge in [-0.1, -0.05) is 15.9 Å². The molecule has 2 rings (SSSR count). The summed E-state index contributed by atoms with van der Waals surface area (Å²) in [7, 11) is 1.77. The molecule has 6 nitrogen and oxygen atoms in total. The molecule has 23 heavy (non-hydrogen) atoms. The van der Waals surface area contributed by atoms with Crippen molar-refractivity contribution < 1.29 is 14.0 Å². The minimum absolute atomic E-state index is 0.116. The van der Waals surface area contributed by atoms with E-state index in [1.165, 1.54) is 12.1 Å². The molecule has 2 amide bonds. The Labute approximate surface area is 141 Å². The summed E-state index contributed by atoms with van der Waals surface area (Å²) >= 11 is 3.12. The number of carbonyl (C=O) groups excluding carboxylic acids is 2. The lowest BCUT2D eigenvalue weighted by Crippen LogP contribution is -2.33. The molecule has 2 aromatic rings. The highest BCUT2D eigenvalue weighted by atomic mass is 79.9. The Kier molecular flexibility index (Phi) is 5.15. The molecule has 8 heteroatoms. The Morgan fingerprint density at radius 2 is 2.04 bits per heavy atom. The van der Waals surface area contributed by atoms with E-state index >= 15 is 0 Å². The fourth-order valence-corrected chi connectivity index (χ4v) is 2.40. The van der Waals surface area contributed by atoms with Crippen LogP contribution in [0.15, 0.2) is 22.7 Å². The molecule has 122 valence electrons. The van der Waals surface area contributed by atoms with Gasteiger partial charge in [-0.15, -0.1) is 0 Å². The topological polar surface area (TPSA) is 76.0 Å². The van der Waals surface area contributed by atoms with Crippen LogP contribution in [-0.4, -0.2) is 28.1 Å². The van der Waals surface area contributed by atoms with Crippen LogP contribution in [-0.2, 0) is 11.8 Å². The van der Waals surface area contributed by atoms with Crippen molar-refractivity contribution in [2.45, 2.75) is 13.8 Å². The number of aromatic nitrogens is 2. The van der Waals surface area contributed by atoms with Gasteiger partial charge in [0.05, 0.1) is 29.2 Å². The highest BCUT2D eigenvalue weighted by molar-refractivity contribution is 9.10. The molecule has 0 aliphatic rings. The third-order valence-electron chi connectivity index (χ3n) is 3.36. The zero-order chi connectivity index (χ0) is 17.1. The van der Waals surface area contributed by atoms with E-state index in [0.717, 1.165) is 5.69 Å². The van der Waals surface area contributed by atoms with Gasteiger partial charge in [0.2, 0.25) is 5.91 Å². The Morgan fingerprint density at radius 3 is 2.61 bits per heavy atom. The third kappa shape index (κ3) is 3.95. The van der Waals surface area contributed by atoms with Crippen molar-refractivity contribution in [1.82, 2.24) is 15.1 Å². The number of aryl methyl sites for hydroxylation is 2. The van der Waals surface area contributed by atoms with E-state index in [1.807, 2.05) is 6.92 Å². The number of nitrogens with one attached hydrogen (secondary N) is 2. The fraction of sp³-hybridized carbons (Fsp3) is 0.267. The standard InChI is InChI=1S/C15H16BrFN4O2/c1-8-14(9(2)21(3)20-8)19-13(22)7-18-15(23)11-5-4-10(16)6-12(11)17/h4-6H,7H2,1-3H3,(H,18,23)(H,19,22). The van der Waals surface area contributed by atoms with Crippen LogP contribution >= 0.6 is 15.9 Å². The molecule has 1 aromatic carbocycles. The van der Waals surface area contributed by atoms with E-state index in [-0.39, 0.29) is 12.1 Å². The molecule has 0 aliphatic carbocycles. The van der Waals surface area contributed by atoms with Gasteiger partial charge in [0.25, 0.3) is 5.91 Å². The first-order valence-corrected chi connectivity index (χ1v) is 7.62. The summed E-state index contributed by atoms with van der Waals surface area (Å²) in [5.41, 5.74) is 1.99. The Balaban J connectivity index is 1.97. The van der Waals surface area contributed by atoms with Crippen LogP contribution in [0, 0.1) is 19.7 Å². The lowest BCUT2D eigenvalue weighted by molar-refractivity contribution is -0.115. The molecule has 0 atom stereocenters. The lowest BCUT2D eigenvalue weighted by atomic mass is 10.2. The quantitative estimate of drug-likeness (QED) is 0.851. The number of amides is 2. The van der Waals surface area contributed by atoms with Crippen molar-refractivity contribution in [3.05, 3.63) is 45.4 Å². The molecular formula is C15H16BrFN4O2. The molecule has 1 heterocycles. The van der Waals surface area contributed by atoms with Gasteiger partial charge in [0.15, 0.2) is 0 Å². The molecule has 0 saturated heterocycles. The van der Waals surface area contributed by atoms with Crippen molar-refractivity contribution in [3.63, 3.8) is 0 Å². The number of hydrogen-bond acceptors (Lipinski definition) is 3. The summed E-state index contributed by atoms with van der Waals surface area (Å²) in [5.74, 6) is -1.71. The second-order valence-electron chi connectivity index (χ2n) is 5.02. The molecule has 0 spiro atoms. The Bertz CT molecular complexity index is 773. The molecular weight excluding hydrogens is 367 g/mol. The average molecular weight is 383 g/mol. The van der Waals surface area contributed by atoms with Crippen LogP contribution in [0.2, 0.25) is 0 Å². The van der Waals surface area contributed by atoms with Crippen molar-refractivity contribution >= 4 is 33.4 Å². The van der Waals surface area contributed by atoms with Crippen LogP contribution in [0.3, 0.4) is 0 Å². The number of rotatable bonds is 4. The summed E-state index contributed by atoms with van der Waals surface area (Å²) < 4.78 is 15.9. The maximum absolute atomic E-state index is 13.7. The predicted molar refractivity (Wildman–Crippen MR) is 87.7 cm³/mol. The maximum Gasteiger partial charge on any atom is 0.254 e. The smallest absolute Gasteiger partial charge is 0.254 e. The molecule has 0 unspecified atom stereocenters. The van der Waals surface area contributed by atoms with Gasteiger partial charge in [-0.05, 0) is 32.0 Å². The van der Waals surface area contributed by atoms with Gasteiger partial charge >= 0.3 is 0 Å². The molecule has 0 fully saturated rings. The first kappa shape index (κ1) is 17.1. The van der Waals surface area contributed by atoms with Gasteiger partial charge < -0.3 is 10.6 Å². The first-order valence-electron chi connectivity index (χ1n) is 6.83. The van der Waals surface area contributed by atoms with Gasteiger partial charge in [-0.3, -0.25) is 14.3 Å². The summed E-state index contributed by atoms with van der Waals surface area (Å²) in [6.45, 7) is 3.34. The maximum atomic E-state index is 13.7. The van der Waals surface area contributed by atoms with E-state index in [2.05, 4.69) is 31.7 Å². The summed E-state index contributed by atoms with van der Waals surface area (Å²) in [4.78, 5) is 23.8. The minimum atomic E-state index is -0.656. The number of benzene rings is 1. The fourth-order valence-electron chi connectivity index (χ4n) is 2.07. The van der Waals surface area contributed by atoms with E-state index in [4.69, 9.17) is 0 Å². The van der Waals surface area contributed by atoms with Crippen LogP contribution in [0.4, 0.5) is 10.1 Å². The van der Waals surface area contributed by atoms with Crippen molar-refractivity contribution in [1.29, 1.82) is 0 Å². The minimum Gasteiger partial charge on any atom is -0.343 e. The highest BCUT2D eigenvalue weighted by Crippen LogP contribution is 2.18. The van der Waals surface area contributed by atoms with Crippen molar-refractivity contribution in [2.75, 3.05) is 11.9 Å². The van der Waals surface area contributed by atoms with Gasteiger partial charge in [-0.2, -0.15) is 5.10 Å². The first-order chi connectivity index (χ1) is 10.8. The Morgan fingerprint density at radius 1 is 1.35 bits per heavy atom. The van der Waals surface area contributed by atoms with Gasteiger partial charge in [0, 0.05) is 11.5 Å². The van der Waals surface area contributed by atoms with Crippen LogP contribution < -0.4 is 10.6 Å². The zero-order valence-electron chi connectivity index (χ0n) is 12.9. The monoisotopic (exact) mass is 382 g/mol. The molecule has 2 N–H and O–H groups in total. The zero-order valence-corrected chi connectivity index (χ0v) is 14.5. The highest BCUT2D eigenvalue weighted by Gasteiger charge is 2.15. The largest absolute Gasteiger partial charge is 0.343 e. The third-order valence-corrected chi connectivity index (χ3v) is 3.85. The van der Waals surface area contributed by atoms with Crippen LogP contribution in [0.1, 0.15) is 21.7 Å². The molecule has 0 bridgehead atoms. The van der Waals surface area contributed by atoms with Crippen LogP contribution in [0.25, 0.3) is 0 Å². The lowest BCUT2D eigenvalue weighted by Gasteiger charge is -2.08. The summed E-state index contributed by atoms with van der Waals surface area (Å²) in [6, 6.07) is 4.10. The normalized spacial score (nSPS) is 10.5. The van der Waals surface area contributed by atoms with Crippen molar-refractivity contribution in [3.8, 4) is 0 Å². The SMILES string of the molecule is Cc1nn(C)c(C)c1NC(=O)CNC(=O)c1ccc(Br)cc1F. The van der Waals surface area contributed by atoms with E-state index in [9.17, 15) is 14.0 Å². The molecule has 0 aliphatic heterocycles. The second-order valence-corrected chi connectivity index (χ2v) is 5.94. The second kappa shape index (κ2) is 6.91. The molecule has 0 radical (unpaired) electrons. The summed E-state index contributed by atoms with van der Waals surface area (Å²) in [5, 5.41) is 9.27. The van der Waals surface area contributed by atoms with Crippen molar-refractivity contribution in [2.24, 2.45) is 7.05 Å². The van der Waals surface area contributed by atoms with E-state index in [1.54, 1.807) is 24.7 Å². The van der Waals surface area contributed by atoms with Crippen LogP contribution in [0.5, 0.6) is 0 Å². The van der Waals surface area contributed by atoms with E-state index in [0.29, 0.717) is 15.9 Å². The van der Waals surface area contributed by atoms with Gasteiger partial charge in [0.1, 0.15) is 5.82 Å². The predicted octanol–water partition coefficient (Wildman–Crippen LogP) is 2.31. The number of carbonyl (C=O) groups is 2. The molecule has 0 saturated carbocycles.